The minimum atomic E-state index is 0.0472. The summed E-state index contributed by atoms with van der Waals surface area (Å²) < 4.78 is 11.8. The summed E-state index contributed by atoms with van der Waals surface area (Å²) in [5, 5.41) is 0. The van der Waals surface area contributed by atoms with Gasteiger partial charge >= 0.3 is 0 Å². The van der Waals surface area contributed by atoms with Crippen LogP contribution in [0, 0.1) is 11.3 Å². The first kappa shape index (κ1) is 12.6. The molecule has 0 bridgehead atoms. The molecule has 108 valence electrons. The van der Waals surface area contributed by atoms with E-state index in [1.165, 1.54) is 17.6 Å². The van der Waals surface area contributed by atoms with Crippen LogP contribution < -0.4 is 0 Å². The van der Waals surface area contributed by atoms with Crippen molar-refractivity contribution in [3.63, 3.8) is 0 Å². The number of hydrogen-bond donors (Lipinski definition) is 0. The van der Waals surface area contributed by atoms with Gasteiger partial charge in [-0.2, -0.15) is 0 Å². The second-order valence-electron chi connectivity index (χ2n) is 6.76. The van der Waals surface area contributed by atoms with E-state index in [2.05, 4.69) is 6.92 Å². The summed E-state index contributed by atoms with van der Waals surface area (Å²) in [4.78, 5) is 11.9. The average Bonchev–Trinajstić information content (AvgIpc) is 2.47. The Kier molecular flexibility index (Phi) is 2.81. The van der Waals surface area contributed by atoms with Crippen molar-refractivity contribution in [1.82, 2.24) is 0 Å². The van der Waals surface area contributed by atoms with Gasteiger partial charge in [0, 0.05) is 11.8 Å². The molecule has 0 N–H and O–H groups in total. The summed E-state index contributed by atoms with van der Waals surface area (Å²) >= 11 is 0. The predicted octanol–water partition coefficient (Wildman–Crippen LogP) is 3.16. The molecule has 1 saturated heterocycles. The largest absolute Gasteiger partial charge is 0.493 e. The second kappa shape index (κ2) is 4.45. The lowest BCUT2D eigenvalue weighted by atomic mass is 9.57. The van der Waals surface area contributed by atoms with E-state index in [1.807, 2.05) is 6.08 Å². The SMILES string of the molecule is C[C@@]12CCC3OCCOC3=C1CC[C@H]1CCC(=O)C=C12. The van der Waals surface area contributed by atoms with Crippen LogP contribution in [-0.4, -0.2) is 25.1 Å². The topological polar surface area (TPSA) is 35.5 Å². The van der Waals surface area contributed by atoms with Gasteiger partial charge in [0.1, 0.15) is 18.5 Å². The van der Waals surface area contributed by atoms with Crippen LogP contribution >= 0.6 is 0 Å². The fourth-order valence-corrected chi connectivity index (χ4v) is 4.63. The van der Waals surface area contributed by atoms with Crippen molar-refractivity contribution in [3.05, 3.63) is 23.0 Å². The summed E-state index contributed by atoms with van der Waals surface area (Å²) in [6.45, 7) is 3.70. The standard InChI is InChI=1S/C17H22O3/c1-17-7-6-15-16(20-9-8-19-15)13(17)5-3-11-2-4-12(18)10-14(11)17/h10-11,15H,2-9H2,1H3/t11-,15?,17-/m1/s1. The molecule has 3 heteroatoms. The lowest BCUT2D eigenvalue weighted by molar-refractivity contribution is -0.115. The Labute approximate surface area is 120 Å². The highest BCUT2D eigenvalue weighted by molar-refractivity contribution is 5.91. The first-order valence-corrected chi connectivity index (χ1v) is 7.91. The maximum atomic E-state index is 11.9. The second-order valence-corrected chi connectivity index (χ2v) is 6.76. The van der Waals surface area contributed by atoms with Crippen LogP contribution in [-0.2, 0) is 14.3 Å². The van der Waals surface area contributed by atoms with Gasteiger partial charge in [-0.3, -0.25) is 4.79 Å². The van der Waals surface area contributed by atoms with Crippen molar-refractivity contribution in [3.8, 4) is 0 Å². The van der Waals surface area contributed by atoms with E-state index in [1.54, 1.807) is 0 Å². The highest BCUT2D eigenvalue weighted by Gasteiger charge is 2.48. The minimum absolute atomic E-state index is 0.0472. The van der Waals surface area contributed by atoms with Gasteiger partial charge in [-0.15, -0.1) is 0 Å². The molecule has 0 radical (unpaired) electrons. The zero-order valence-electron chi connectivity index (χ0n) is 12.1. The maximum Gasteiger partial charge on any atom is 0.155 e. The van der Waals surface area contributed by atoms with Crippen LogP contribution in [0.3, 0.4) is 0 Å². The molecule has 0 amide bonds. The Morgan fingerprint density at radius 1 is 1.20 bits per heavy atom. The molecule has 1 heterocycles. The van der Waals surface area contributed by atoms with Gasteiger partial charge in [-0.05, 0) is 49.7 Å². The Morgan fingerprint density at radius 2 is 2.05 bits per heavy atom. The molecule has 2 fully saturated rings. The lowest BCUT2D eigenvalue weighted by Crippen LogP contribution is -2.42. The molecule has 4 rings (SSSR count). The first-order valence-electron chi connectivity index (χ1n) is 7.91. The van der Waals surface area contributed by atoms with E-state index >= 15 is 0 Å². The van der Waals surface area contributed by atoms with Gasteiger partial charge in [0.2, 0.25) is 0 Å². The smallest absolute Gasteiger partial charge is 0.155 e. The van der Waals surface area contributed by atoms with Gasteiger partial charge in [0.15, 0.2) is 5.78 Å². The number of allylic oxidation sites excluding steroid dienone is 3. The van der Waals surface area contributed by atoms with Gasteiger partial charge in [0.05, 0.1) is 6.61 Å². The molecular formula is C17H22O3. The molecule has 20 heavy (non-hydrogen) atoms. The van der Waals surface area contributed by atoms with Crippen LogP contribution in [0.15, 0.2) is 23.0 Å². The van der Waals surface area contributed by atoms with E-state index in [4.69, 9.17) is 9.47 Å². The Bertz CT molecular complexity index is 516. The molecule has 1 saturated carbocycles. The van der Waals surface area contributed by atoms with Crippen LogP contribution in [0.2, 0.25) is 0 Å². The number of carbonyl (C=O) groups is 1. The van der Waals surface area contributed by atoms with Gasteiger partial charge in [-0.1, -0.05) is 12.5 Å². The van der Waals surface area contributed by atoms with Crippen molar-refractivity contribution in [1.29, 1.82) is 0 Å². The maximum absolute atomic E-state index is 11.9. The van der Waals surface area contributed by atoms with E-state index < -0.39 is 0 Å². The van der Waals surface area contributed by atoms with Gasteiger partial charge < -0.3 is 9.47 Å². The molecule has 3 aliphatic carbocycles. The van der Waals surface area contributed by atoms with Gasteiger partial charge in [0.25, 0.3) is 0 Å². The Balaban J connectivity index is 1.80. The molecule has 1 aliphatic heterocycles. The molecule has 0 spiro atoms. The van der Waals surface area contributed by atoms with Crippen molar-refractivity contribution in [2.75, 3.05) is 13.2 Å². The number of rotatable bonds is 0. The summed E-state index contributed by atoms with van der Waals surface area (Å²) in [7, 11) is 0. The predicted molar refractivity (Wildman–Crippen MR) is 75.1 cm³/mol. The quantitative estimate of drug-likeness (QED) is 0.680. The Hall–Kier alpha value is -1.09. The highest BCUT2D eigenvalue weighted by atomic mass is 16.6. The Morgan fingerprint density at radius 3 is 2.95 bits per heavy atom. The summed E-state index contributed by atoms with van der Waals surface area (Å²) in [5.74, 6) is 2.03. The summed E-state index contributed by atoms with van der Waals surface area (Å²) in [6, 6.07) is 0. The number of carbonyl (C=O) groups excluding carboxylic acids is 1. The third-order valence-electron chi connectivity index (χ3n) is 5.70. The molecule has 3 nitrogen and oxygen atoms in total. The molecule has 0 aromatic carbocycles. The third-order valence-corrected chi connectivity index (χ3v) is 5.70. The third kappa shape index (κ3) is 1.72. The van der Waals surface area contributed by atoms with Crippen molar-refractivity contribution in [2.45, 2.75) is 51.6 Å². The van der Waals surface area contributed by atoms with E-state index in [9.17, 15) is 4.79 Å². The highest BCUT2D eigenvalue weighted by Crippen LogP contribution is 2.57. The van der Waals surface area contributed by atoms with Crippen LogP contribution in [0.25, 0.3) is 0 Å². The summed E-state index contributed by atoms with van der Waals surface area (Å²) in [6.07, 6.45) is 8.30. The molecule has 3 atom stereocenters. The van der Waals surface area contributed by atoms with Crippen LogP contribution in [0.5, 0.6) is 0 Å². The molecular weight excluding hydrogens is 252 g/mol. The number of hydrogen-bond acceptors (Lipinski definition) is 3. The van der Waals surface area contributed by atoms with Gasteiger partial charge in [-0.25, -0.2) is 0 Å². The van der Waals surface area contributed by atoms with Crippen molar-refractivity contribution >= 4 is 5.78 Å². The molecule has 0 aromatic heterocycles. The number of ether oxygens (including phenoxy) is 2. The van der Waals surface area contributed by atoms with Crippen LogP contribution in [0.4, 0.5) is 0 Å². The monoisotopic (exact) mass is 274 g/mol. The first-order chi connectivity index (χ1) is 9.68. The molecule has 1 unspecified atom stereocenters. The lowest BCUT2D eigenvalue weighted by Gasteiger charge is -2.50. The zero-order valence-corrected chi connectivity index (χ0v) is 12.1. The van der Waals surface area contributed by atoms with Crippen molar-refractivity contribution in [2.24, 2.45) is 11.3 Å². The number of fused-ring (bicyclic) bond motifs is 4. The van der Waals surface area contributed by atoms with E-state index in [0.717, 1.165) is 37.9 Å². The van der Waals surface area contributed by atoms with Crippen LogP contribution in [0.1, 0.15) is 45.4 Å². The van der Waals surface area contributed by atoms with Crippen molar-refractivity contribution < 1.29 is 14.3 Å². The average molecular weight is 274 g/mol. The fourth-order valence-electron chi connectivity index (χ4n) is 4.63. The summed E-state index contributed by atoms with van der Waals surface area (Å²) in [5.41, 5.74) is 2.85. The molecule has 4 aliphatic rings. The number of ketones is 1. The van der Waals surface area contributed by atoms with E-state index in [0.29, 0.717) is 24.9 Å². The minimum Gasteiger partial charge on any atom is -0.493 e. The fraction of sp³-hybridized carbons (Fsp3) is 0.706. The van der Waals surface area contributed by atoms with E-state index in [-0.39, 0.29) is 11.5 Å². The zero-order chi connectivity index (χ0) is 13.7. The molecule has 0 aromatic rings. The normalized spacial score (nSPS) is 40.2.